The third-order valence-electron chi connectivity index (χ3n) is 0.408. The average Bonchev–Trinajstić information content (AvgIpc) is 1.67. The minimum Gasteiger partial charge on any atom is -0.187 e. The maximum Gasteiger partial charge on any atom is 0.442 e. The molecule has 0 aliphatic rings. The molecule has 0 aliphatic carbocycles. The highest BCUT2D eigenvalue weighted by atomic mass is 35.9. The van der Waals surface area contributed by atoms with Crippen LogP contribution >= 0.6 is 28.7 Å². The highest BCUT2D eigenvalue weighted by Gasteiger charge is 2.37. The normalized spacial score (nSPS) is 10.8. The van der Waals surface area contributed by atoms with Gasteiger partial charge in [0.25, 0.3) is 0 Å². The summed E-state index contributed by atoms with van der Waals surface area (Å²) in [5.41, 5.74) is 0. The van der Waals surface area contributed by atoms with Gasteiger partial charge in [-0.15, -0.1) is 5.26 Å². The van der Waals surface area contributed by atoms with Gasteiger partial charge in [0.1, 0.15) is 0 Å². The van der Waals surface area contributed by atoms with Crippen LogP contribution in [0.3, 0.4) is 0 Å². The van der Waals surface area contributed by atoms with E-state index in [4.69, 9.17) is 27.7 Å². The van der Waals surface area contributed by atoms with Crippen molar-refractivity contribution in [1.29, 1.82) is 5.26 Å². The maximum absolute atomic E-state index is 8.14. The van der Waals surface area contributed by atoms with Gasteiger partial charge in [-0.05, 0) is 6.92 Å². The molecule has 0 saturated heterocycles. The second kappa shape index (κ2) is 3.48. The van der Waals surface area contributed by atoms with Crippen molar-refractivity contribution in [2.75, 3.05) is 6.61 Å². The summed E-state index contributed by atoms with van der Waals surface area (Å²) in [5, 5.41) is 8.14. The predicted octanol–water partition coefficient (Wildman–Crippen LogP) is 2.74. The van der Waals surface area contributed by atoms with Crippen molar-refractivity contribution < 1.29 is 4.52 Å². The Morgan fingerprint density at radius 2 is 2.25 bits per heavy atom. The lowest BCUT2D eigenvalue weighted by molar-refractivity contribution is 0.387. The number of hydrogen-bond donors (Lipinski definition) is 0. The Balaban J connectivity index is 3.59. The fourth-order valence-corrected chi connectivity index (χ4v) is 1.16. The largest absolute Gasteiger partial charge is 0.442 e. The Morgan fingerprint density at radius 1 is 1.75 bits per heavy atom. The zero-order valence-electron chi connectivity index (χ0n) is 4.27. The molecule has 0 radical (unpaired) electrons. The Hall–Kier alpha value is 0.460. The summed E-state index contributed by atoms with van der Waals surface area (Å²) in [6.07, 6.45) is -2.67. The third kappa shape index (κ3) is 3.46. The first-order valence-corrected chi connectivity index (χ1v) is 5.48. The lowest BCUT2D eigenvalue weighted by atomic mass is 10.9. The Kier molecular flexibility index (Phi) is 3.68. The van der Waals surface area contributed by atoms with Crippen molar-refractivity contribution >= 4 is 28.7 Å². The number of hydrogen-bond acceptors (Lipinski definition) is 2. The van der Waals surface area contributed by atoms with Gasteiger partial charge in [-0.3, -0.25) is 0 Å². The quantitative estimate of drug-likeness (QED) is 0.601. The van der Waals surface area contributed by atoms with Gasteiger partial charge >= 0.3 is 12.0 Å². The molecular formula is C3H5Cl2NOP+. The molecule has 2 nitrogen and oxygen atoms in total. The second-order valence-electron chi connectivity index (χ2n) is 0.980. The molecule has 0 amide bonds. The summed E-state index contributed by atoms with van der Waals surface area (Å²) in [6.45, 7) is 2.12. The first-order valence-electron chi connectivity index (χ1n) is 1.96. The van der Waals surface area contributed by atoms with Gasteiger partial charge in [0.15, 0.2) is 22.5 Å². The van der Waals surface area contributed by atoms with Crippen LogP contribution in [-0.4, -0.2) is 6.61 Å². The van der Waals surface area contributed by atoms with Crippen molar-refractivity contribution in [3.05, 3.63) is 0 Å². The van der Waals surface area contributed by atoms with Crippen molar-refractivity contribution in [3.8, 4) is 5.81 Å². The number of halogens is 2. The van der Waals surface area contributed by atoms with Gasteiger partial charge in [-0.1, -0.05) is 0 Å². The highest BCUT2D eigenvalue weighted by Crippen LogP contribution is 2.68. The molecule has 0 aliphatic heterocycles. The summed E-state index contributed by atoms with van der Waals surface area (Å²) in [4.78, 5) is 0. The highest BCUT2D eigenvalue weighted by molar-refractivity contribution is 8.17. The van der Waals surface area contributed by atoms with E-state index >= 15 is 0 Å². The van der Waals surface area contributed by atoms with Gasteiger partial charge in [0.2, 0.25) is 0 Å². The molecule has 46 valence electrons. The van der Waals surface area contributed by atoms with Crippen molar-refractivity contribution in [1.82, 2.24) is 0 Å². The molecule has 0 aromatic carbocycles. The molecule has 0 fully saturated rings. The van der Waals surface area contributed by atoms with Gasteiger partial charge in [-0.25, -0.2) is 0 Å². The Morgan fingerprint density at radius 3 is 2.38 bits per heavy atom. The summed E-state index contributed by atoms with van der Waals surface area (Å²) in [5.74, 6) is 1.66. The van der Waals surface area contributed by atoms with E-state index in [9.17, 15) is 0 Å². The molecule has 0 heterocycles. The van der Waals surface area contributed by atoms with Crippen LogP contribution in [0.25, 0.3) is 0 Å². The van der Waals surface area contributed by atoms with Crippen LogP contribution in [0, 0.1) is 11.1 Å². The van der Waals surface area contributed by atoms with E-state index in [2.05, 4.69) is 4.52 Å². The van der Waals surface area contributed by atoms with Crippen LogP contribution < -0.4 is 0 Å². The third-order valence-corrected chi connectivity index (χ3v) is 2.26. The minimum atomic E-state index is -2.67. The van der Waals surface area contributed by atoms with E-state index < -0.39 is 6.19 Å². The zero-order valence-corrected chi connectivity index (χ0v) is 6.67. The maximum atomic E-state index is 8.14. The average molecular weight is 173 g/mol. The van der Waals surface area contributed by atoms with Crippen LogP contribution in [0.4, 0.5) is 0 Å². The van der Waals surface area contributed by atoms with Crippen LogP contribution in [0.15, 0.2) is 0 Å². The molecule has 0 spiro atoms. The molecule has 0 rings (SSSR count). The molecule has 0 aromatic rings. The van der Waals surface area contributed by atoms with Gasteiger partial charge < -0.3 is 0 Å². The van der Waals surface area contributed by atoms with E-state index in [0.717, 1.165) is 0 Å². The summed E-state index contributed by atoms with van der Waals surface area (Å²) >= 11 is 10.6. The Bertz CT molecular complexity index is 110. The van der Waals surface area contributed by atoms with Gasteiger partial charge in [-0.2, -0.15) is 4.52 Å². The molecule has 0 saturated carbocycles. The topological polar surface area (TPSA) is 33.0 Å². The monoisotopic (exact) mass is 172 g/mol. The molecule has 0 N–H and O–H groups in total. The number of nitrogens with zero attached hydrogens (tertiary/aromatic N) is 1. The van der Waals surface area contributed by atoms with Crippen molar-refractivity contribution in [3.63, 3.8) is 0 Å². The lowest BCUT2D eigenvalue weighted by Gasteiger charge is -1.93. The first-order chi connectivity index (χ1) is 3.62. The number of nitriles is 1. The van der Waals surface area contributed by atoms with E-state index in [-0.39, 0.29) is 0 Å². The Labute approximate surface area is 58.3 Å². The molecular weight excluding hydrogens is 168 g/mol. The van der Waals surface area contributed by atoms with E-state index in [0.29, 0.717) is 6.61 Å². The van der Waals surface area contributed by atoms with E-state index in [1.54, 1.807) is 12.7 Å². The fraction of sp³-hybridized carbons (Fsp3) is 0.667. The molecule has 8 heavy (non-hydrogen) atoms. The van der Waals surface area contributed by atoms with Crippen LogP contribution in [0.1, 0.15) is 6.92 Å². The molecule has 0 aromatic heterocycles. The van der Waals surface area contributed by atoms with E-state index in [1.165, 1.54) is 0 Å². The molecule has 5 heteroatoms. The SMILES string of the molecule is CCO[P+](Cl)(Cl)C#N. The molecule has 0 unspecified atom stereocenters. The summed E-state index contributed by atoms with van der Waals surface area (Å²) < 4.78 is 4.66. The van der Waals surface area contributed by atoms with Crippen molar-refractivity contribution in [2.24, 2.45) is 0 Å². The van der Waals surface area contributed by atoms with Crippen molar-refractivity contribution in [2.45, 2.75) is 6.92 Å². The predicted molar refractivity (Wildman–Crippen MR) is 35.9 cm³/mol. The van der Waals surface area contributed by atoms with Gasteiger partial charge in [0, 0.05) is 0 Å². The first kappa shape index (κ1) is 8.46. The van der Waals surface area contributed by atoms with Crippen LogP contribution in [-0.2, 0) is 4.52 Å². The number of rotatable bonds is 2. The van der Waals surface area contributed by atoms with Crippen LogP contribution in [0.5, 0.6) is 0 Å². The standard InChI is InChI=1S/C3H5Cl2NOP/c1-2-7-8(4,5)3-6/h2H2,1H3/q+1. The molecule has 0 atom stereocenters. The van der Waals surface area contributed by atoms with Gasteiger partial charge in [0.05, 0.1) is 6.61 Å². The summed E-state index contributed by atoms with van der Waals surface area (Å²) in [6, 6.07) is 0. The van der Waals surface area contributed by atoms with E-state index in [1.807, 2.05) is 0 Å². The zero-order chi connectivity index (χ0) is 6.62. The summed E-state index contributed by atoms with van der Waals surface area (Å²) in [7, 11) is 0. The fourth-order valence-electron chi connectivity index (χ4n) is 0.191. The van der Waals surface area contributed by atoms with Crippen LogP contribution in [0.2, 0.25) is 0 Å². The lowest BCUT2D eigenvalue weighted by Crippen LogP contribution is -1.80. The minimum absolute atomic E-state index is 0.383. The molecule has 0 bridgehead atoms. The second-order valence-corrected chi connectivity index (χ2v) is 5.74. The smallest absolute Gasteiger partial charge is 0.187 e.